The maximum atomic E-state index is 12.4. The fraction of sp³-hybridized carbons (Fsp3) is 0.556. The summed E-state index contributed by atoms with van der Waals surface area (Å²) in [6, 6.07) is 7.07. The summed E-state index contributed by atoms with van der Waals surface area (Å²) in [5.74, 6) is 0.291. The van der Waals surface area contributed by atoms with Crippen LogP contribution in [-0.2, 0) is 4.79 Å². The number of amides is 2. The summed E-state index contributed by atoms with van der Waals surface area (Å²) in [5, 5.41) is 3.60. The normalized spacial score (nSPS) is 15.7. The lowest BCUT2D eigenvalue weighted by Gasteiger charge is -2.34. The first-order valence-electron chi connectivity index (χ1n) is 8.40. The van der Waals surface area contributed by atoms with Crippen LogP contribution in [0.3, 0.4) is 0 Å². The molecule has 0 atom stereocenters. The van der Waals surface area contributed by atoms with E-state index in [-0.39, 0.29) is 23.8 Å². The van der Waals surface area contributed by atoms with Gasteiger partial charge in [-0.15, -0.1) is 0 Å². The van der Waals surface area contributed by atoms with Gasteiger partial charge in [0.1, 0.15) is 0 Å². The predicted octanol–water partition coefficient (Wildman–Crippen LogP) is 3.50. The molecule has 0 saturated carbocycles. The summed E-state index contributed by atoms with van der Waals surface area (Å²) in [4.78, 5) is 26.5. The van der Waals surface area contributed by atoms with Crippen molar-refractivity contribution in [3.63, 3.8) is 0 Å². The quantitative estimate of drug-likeness (QED) is 0.894. The largest absolute Gasteiger partial charge is 0.349 e. The first-order valence-corrected chi connectivity index (χ1v) is 8.78. The molecule has 1 fully saturated rings. The molecule has 1 aliphatic heterocycles. The van der Waals surface area contributed by atoms with E-state index in [1.54, 1.807) is 24.3 Å². The van der Waals surface area contributed by atoms with E-state index in [4.69, 9.17) is 11.6 Å². The average Bonchev–Trinajstić information content (AvgIpc) is 2.56. The van der Waals surface area contributed by atoms with Crippen LogP contribution in [0.4, 0.5) is 0 Å². The maximum absolute atomic E-state index is 12.4. The Bertz CT molecular complexity index is 550. The number of carbonyl (C=O) groups excluding carboxylic acids is 2. The summed E-state index contributed by atoms with van der Waals surface area (Å²) in [5.41, 5.74) is 0.577. The third-order valence-corrected chi connectivity index (χ3v) is 4.80. The fourth-order valence-electron chi connectivity index (χ4n) is 3.04. The second kappa shape index (κ2) is 8.34. The third-order valence-electron chi connectivity index (χ3n) is 4.56. The highest BCUT2D eigenvalue weighted by Gasteiger charge is 2.27. The van der Waals surface area contributed by atoms with E-state index in [0.717, 1.165) is 38.8 Å². The van der Waals surface area contributed by atoms with Crippen molar-refractivity contribution in [2.75, 3.05) is 13.1 Å². The zero-order valence-corrected chi connectivity index (χ0v) is 14.6. The minimum absolute atomic E-state index is 0.0998. The summed E-state index contributed by atoms with van der Waals surface area (Å²) < 4.78 is 0. The van der Waals surface area contributed by atoms with Crippen molar-refractivity contribution in [1.82, 2.24) is 10.2 Å². The average molecular weight is 337 g/mol. The number of nitrogens with zero attached hydrogens (tertiary/aromatic N) is 1. The fourth-order valence-corrected chi connectivity index (χ4v) is 3.23. The van der Waals surface area contributed by atoms with Crippen LogP contribution in [0, 0.1) is 5.92 Å². The van der Waals surface area contributed by atoms with E-state index in [9.17, 15) is 9.59 Å². The minimum Gasteiger partial charge on any atom is -0.349 e. The highest BCUT2D eigenvalue weighted by atomic mass is 35.5. The van der Waals surface area contributed by atoms with Crippen molar-refractivity contribution >= 4 is 23.4 Å². The van der Waals surface area contributed by atoms with Crippen LogP contribution in [0.5, 0.6) is 0 Å². The lowest BCUT2D eigenvalue weighted by atomic mass is 9.98. The molecule has 2 rings (SSSR count). The molecule has 0 unspecified atom stereocenters. The molecule has 0 radical (unpaired) electrons. The SMILES string of the molecule is CCC(CC)C(=O)N1CCC(NC(=O)c2cccc(Cl)c2)CC1. The summed E-state index contributed by atoms with van der Waals surface area (Å²) in [6.45, 7) is 5.56. The number of hydrogen-bond acceptors (Lipinski definition) is 2. The van der Waals surface area contributed by atoms with Gasteiger partial charge in [0.25, 0.3) is 5.91 Å². The van der Waals surface area contributed by atoms with Gasteiger partial charge in [-0.1, -0.05) is 31.5 Å². The predicted molar refractivity (Wildman–Crippen MR) is 92.6 cm³/mol. The standard InChI is InChI=1S/C18H25ClN2O2/c1-3-13(4-2)18(23)21-10-8-16(9-11-21)20-17(22)14-6-5-7-15(19)12-14/h5-7,12-13,16H,3-4,8-11H2,1-2H3,(H,20,22). The Balaban J connectivity index is 1.85. The molecule has 1 saturated heterocycles. The number of piperidine rings is 1. The third kappa shape index (κ3) is 4.71. The van der Waals surface area contributed by atoms with Crippen LogP contribution in [-0.4, -0.2) is 35.8 Å². The van der Waals surface area contributed by atoms with Crippen molar-refractivity contribution in [3.8, 4) is 0 Å². The van der Waals surface area contributed by atoms with Crippen molar-refractivity contribution in [2.24, 2.45) is 5.92 Å². The molecule has 1 aromatic rings. The molecular weight excluding hydrogens is 312 g/mol. The number of rotatable bonds is 5. The van der Waals surface area contributed by atoms with Gasteiger partial charge in [-0.3, -0.25) is 9.59 Å². The van der Waals surface area contributed by atoms with Crippen LogP contribution in [0.25, 0.3) is 0 Å². The minimum atomic E-state index is -0.0998. The highest BCUT2D eigenvalue weighted by molar-refractivity contribution is 6.30. The van der Waals surface area contributed by atoms with Gasteiger partial charge in [0, 0.05) is 35.6 Å². The topological polar surface area (TPSA) is 49.4 Å². The first kappa shape index (κ1) is 17.8. The molecule has 1 aliphatic rings. The zero-order chi connectivity index (χ0) is 16.8. The molecule has 126 valence electrons. The summed E-state index contributed by atoms with van der Waals surface area (Å²) in [6.07, 6.45) is 3.39. The van der Waals surface area contributed by atoms with E-state index >= 15 is 0 Å². The molecule has 0 bridgehead atoms. The Kier molecular flexibility index (Phi) is 6.46. The van der Waals surface area contributed by atoms with Crippen molar-refractivity contribution in [2.45, 2.75) is 45.6 Å². The molecule has 1 heterocycles. The Morgan fingerprint density at radius 3 is 2.48 bits per heavy atom. The Morgan fingerprint density at radius 1 is 1.26 bits per heavy atom. The van der Waals surface area contributed by atoms with Gasteiger partial charge in [-0.25, -0.2) is 0 Å². The van der Waals surface area contributed by atoms with Crippen LogP contribution in [0.1, 0.15) is 49.9 Å². The lowest BCUT2D eigenvalue weighted by Crippen LogP contribution is -2.48. The van der Waals surface area contributed by atoms with Gasteiger partial charge in [0.15, 0.2) is 0 Å². The molecule has 1 aromatic carbocycles. The monoisotopic (exact) mass is 336 g/mol. The molecule has 23 heavy (non-hydrogen) atoms. The maximum Gasteiger partial charge on any atom is 0.251 e. The molecule has 0 aromatic heterocycles. The smallest absolute Gasteiger partial charge is 0.251 e. The number of hydrogen-bond donors (Lipinski definition) is 1. The molecule has 1 N–H and O–H groups in total. The van der Waals surface area contributed by atoms with E-state index in [2.05, 4.69) is 19.2 Å². The van der Waals surface area contributed by atoms with E-state index in [0.29, 0.717) is 10.6 Å². The number of nitrogens with one attached hydrogen (secondary N) is 1. The Labute approximate surface area is 143 Å². The molecular formula is C18H25ClN2O2. The van der Waals surface area contributed by atoms with Crippen LogP contribution in [0.15, 0.2) is 24.3 Å². The van der Waals surface area contributed by atoms with E-state index < -0.39 is 0 Å². The summed E-state index contributed by atoms with van der Waals surface area (Å²) in [7, 11) is 0. The van der Waals surface area contributed by atoms with Crippen molar-refractivity contribution in [1.29, 1.82) is 0 Å². The first-order chi connectivity index (χ1) is 11.0. The molecule has 0 spiro atoms. The van der Waals surface area contributed by atoms with Crippen molar-refractivity contribution < 1.29 is 9.59 Å². The van der Waals surface area contributed by atoms with Gasteiger partial charge in [0.2, 0.25) is 5.91 Å². The van der Waals surface area contributed by atoms with Gasteiger partial charge >= 0.3 is 0 Å². The second-order valence-electron chi connectivity index (χ2n) is 6.10. The Hall–Kier alpha value is -1.55. The van der Waals surface area contributed by atoms with Gasteiger partial charge in [0.05, 0.1) is 0 Å². The van der Waals surface area contributed by atoms with Crippen LogP contribution < -0.4 is 5.32 Å². The van der Waals surface area contributed by atoms with Gasteiger partial charge in [-0.05, 0) is 43.9 Å². The van der Waals surface area contributed by atoms with Crippen LogP contribution in [0.2, 0.25) is 5.02 Å². The molecule has 5 heteroatoms. The molecule has 2 amide bonds. The van der Waals surface area contributed by atoms with E-state index in [1.165, 1.54) is 0 Å². The number of benzene rings is 1. The second-order valence-corrected chi connectivity index (χ2v) is 6.53. The van der Waals surface area contributed by atoms with Gasteiger partial charge < -0.3 is 10.2 Å². The number of carbonyl (C=O) groups is 2. The summed E-state index contributed by atoms with van der Waals surface area (Å²) >= 11 is 5.92. The lowest BCUT2D eigenvalue weighted by molar-refractivity contribution is -0.136. The number of halogens is 1. The highest BCUT2D eigenvalue weighted by Crippen LogP contribution is 2.18. The van der Waals surface area contributed by atoms with E-state index in [1.807, 2.05) is 4.90 Å². The molecule has 4 nitrogen and oxygen atoms in total. The van der Waals surface area contributed by atoms with Crippen molar-refractivity contribution in [3.05, 3.63) is 34.9 Å². The van der Waals surface area contributed by atoms with Crippen LogP contribution >= 0.6 is 11.6 Å². The number of likely N-dealkylation sites (tertiary alicyclic amines) is 1. The van der Waals surface area contributed by atoms with Gasteiger partial charge in [-0.2, -0.15) is 0 Å². The molecule has 0 aliphatic carbocycles. The zero-order valence-electron chi connectivity index (χ0n) is 13.8. The Morgan fingerprint density at radius 2 is 1.91 bits per heavy atom.